The van der Waals surface area contributed by atoms with E-state index in [1.54, 1.807) is 71.0 Å². The van der Waals surface area contributed by atoms with Crippen LogP contribution in [0.25, 0.3) is 33.4 Å². The third kappa shape index (κ3) is 13.8. The summed E-state index contributed by atoms with van der Waals surface area (Å²) >= 11 is 0. The van der Waals surface area contributed by atoms with Crippen molar-refractivity contribution in [2.75, 3.05) is 39.8 Å². The van der Waals surface area contributed by atoms with E-state index in [0.717, 1.165) is 32.7 Å². The summed E-state index contributed by atoms with van der Waals surface area (Å²) in [5.41, 5.74) is 5.03. The standard InChI is InChI=1S/C67H72FN9O14/c1-7-67(88)46-27-52-60-43(32-77(52)62(84)45(46)35-89-64(67)86)59-48(24-23-38-36(2)47(68)28-49(74-60)58(38)59)72-53(78)22-15-25-69-54(79)30-71-61(83)50(26-37-16-9-8-10-17-37)73-55(80)31-70-56(81)33-76(6)63(85)51(29-57(82)91-66(3,4)5)75-65(87)90-34-44-41-20-13-11-18-39(41)40-19-12-14-21-42(40)44/h8-14,16-21,27-28,44,48,50-51,88H,7,15,22-26,29-35H2,1-6H3,(H,69,79)(H,70,81)(H,71,83)(H,72,78)(H,73,80)(H,75,87)/t48-,50-,51-,67-/m0/s1. The Kier molecular flexibility index (Phi) is 18.8. The number of aliphatic hydroxyl groups is 1. The fraction of sp³-hybridized carbons (Fsp3) is 0.388. The van der Waals surface area contributed by atoms with Gasteiger partial charge in [0.1, 0.15) is 36.7 Å². The molecule has 6 aromatic rings. The van der Waals surface area contributed by atoms with Crippen molar-refractivity contribution >= 4 is 64.4 Å². The molecule has 7 amide bonds. The summed E-state index contributed by atoms with van der Waals surface area (Å²) in [6, 6.07) is 23.9. The first-order valence-corrected chi connectivity index (χ1v) is 30.3. The number of carbonyl (C=O) groups excluding carboxylic acids is 9. The Morgan fingerprint density at radius 1 is 0.835 bits per heavy atom. The van der Waals surface area contributed by atoms with Crippen LogP contribution in [0.5, 0.6) is 0 Å². The van der Waals surface area contributed by atoms with Gasteiger partial charge < -0.3 is 60.7 Å². The van der Waals surface area contributed by atoms with Crippen molar-refractivity contribution in [1.82, 2.24) is 46.4 Å². The highest BCUT2D eigenvalue weighted by atomic mass is 19.1. The summed E-state index contributed by atoms with van der Waals surface area (Å²) in [5.74, 6) is -6.46. The second-order valence-corrected chi connectivity index (χ2v) is 24.2. The highest BCUT2D eigenvalue weighted by molar-refractivity contribution is 5.96. The number of likely N-dealkylation sites (N-methyl/N-ethyl adjacent to an activating group) is 1. The largest absolute Gasteiger partial charge is 0.460 e. The van der Waals surface area contributed by atoms with Gasteiger partial charge in [-0.3, -0.25) is 38.4 Å². The van der Waals surface area contributed by atoms with Gasteiger partial charge in [0.15, 0.2) is 5.60 Å². The fourth-order valence-electron chi connectivity index (χ4n) is 12.4. The molecular formula is C67H72FN9O14. The lowest BCUT2D eigenvalue weighted by molar-refractivity contribution is -0.172. The molecule has 2 aliphatic carbocycles. The maximum Gasteiger partial charge on any atom is 0.407 e. The maximum atomic E-state index is 15.5. The molecule has 2 aromatic heterocycles. The van der Waals surface area contributed by atoms with Crippen LogP contribution < -0.4 is 37.5 Å². The van der Waals surface area contributed by atoms with E-state index < -0.39 is 114 Å². The molecule has 4 atom stereocenters. The summed E-state index contributed by atoms with van der Waals surface area (Å²) in [6.45, 7) is 6.23. The Bertz CT molecular complexity index is 3950. The zero-order valence-corrected chi connectivity index (χ0v) is 51.3. The summed E-state index contributed by atoms with van der Waals surface area (Å²) in [4.78, 5) is 140. The van der Waals surface area contributed by atoms with Crippen molar-refractivity contribution in [1.29, 1.82) is 0 Å². The number of hydrogen-bond acceptors (Lipinski definition) is 15. The van der Waals surface area contributed by atoms with Crippen molar-refractivity contribution in [3.63, 3.8) is 0 Å². The van der Waals surface area contributed by atoms with Gasteiger partial charge in [-0.2, -0.15) is 0 Å². The molecule has 0 radical (unpaired) electrons. The number of carbonyl (C=O) groups is 9. The third-order valence-corrected chi connectivity index (χ3v) is 16.9. The minimum Gasteiger partial charge on any atom is -0.460 e. The molecule has 91 heavy (non-hydrogen) atoms. The second kappa shape index (κ2) is 26.7. The van der Waals surface area contributed by atoms with E-state index in [2.05, 4.69) is 31.9 Å². The molecule has 4 aliphatic rings. The molecule has 10 rings (SSSR count). The van der Waals surface area contributed by atoms with Crippen LogP contribution in [0.4, 0.5) is 9.18 Å². The second-order valence-electron chi connectivity index (χ2n) is 24.2. The Hall–Kier alpha value is -9.84. The first-order valence-electron chi connectivity index (χ1n) is 30.3. The third-order valence-electron chi connectivity index (χ3n) is 16.9. The number of pyridine rings is 2. The lowest BCUT2D eigenvalue weighted by Crippen LogP contribution is -2.53. The Balaban J connectivity index is 0.706. The molecule has 0 spiro atoms. The minimum atomic E-state index is -2.05. The van der Waals surface area contributed by atoms with Crippen LogP contribution in [0.3, 0.4) is 0 Å². The molecule has 0 bridgehead atoms. The van der Waals surface area contributed by atoms with E-state index >= 15 is 4.39 Å². The summed E-state index contributed by atoms with van der Waals surface area (Å²) in [7, 11) is 1.28. The summed E-state index contributed by atoms with van der Waals surface area (Å²) < 4.78 is 33.3. The normalized spacial score (nSPS) is 16.5. The van der Waals surface area contributed by atoms with Crippen LogP contribution in [0, 0.1) is 12.7 Å². The first-order chi connectivity index (χ1) is 43.4. The van der Waals surface area contributed by atoms with E-state index in [9.17, 15) is 53.1 Å². The number of nitrogens with zero attached hydrogens (tertiary/aromatic N) is 3. The average molecular weight is 1250 g/mol. The summed E-state index contributed by atoms with van der Waals surface area (Å²) in [5, 5.41) is 28.0. The van der Waals surface area contributed by atoms with Crippen LogP contribution in [0.15, 0.2) is 95.8 Å². The number of hydrogen-bond donors (Lipinski definition) is 7. The van der Waals surface area contributed by atoms with E-state index in [4.69, 9.17) is 19.2 Å². The van der Waals surface area contributed by atoms with Gasteiger partial charge in [0.05, 0.1) is 61.1 Å². The molecular weight excluding hydrogens is 1170 g/mol. The number of esters is 2. The molecule has 24 heteroatoms. The smallest absolute Gasteiger partial charge is 0.407 e. The maximum absolute atomic E-state index is 15.5. The molecule has 0 fully saturated rings. The van der Waals surface area contributed by atoms with Crippen molar-refractivity contribution in [3.8, 4) is 22.5 Å². The molecule has 476 valence electrons. The molecule has 7 N–H and O–H groups in total. The average Bonchev–Trinajstić information content (AvgIpc) is 1.64. The SMILES string of the molecule is CC[C@@]1(O)C(=O)OCc2c1cc1n(c2=O)Cc2c-1nc1cc(F)c(C)c3c1c2[C@@H](NC(=O)CCCNC(=O)CNC(=O)[C@H](Cc1ccccc1)NC(=O)CNC(=O)CN(C)C(=O)[C@H](CC(=O)OC(C)(C)C)NC(=O)OCC1c2ccccc2-c2ccccc21)CC3. The fourth-order valence-corrected chi connectivity index (χ4v) is 12.4. The Morgan fingerprint density at radius 3 is 2.21 bits per heavy atom. The monoisotopic (exact) mass is 1250 g/mol. The first kappa shape index (κ1) is 64.2. The highest BCUT2D eigenvalue weighted by Crippen LogP contribution is 2.47. The quantitative estimate of drug-likeness (QED) is 0.0278. The van der Waals surface area contributed by atoms with Gasteiger partial charge in [0, 0.05) is 54.9 Å². The number of fused-ring (bicyclic) bond motifs is 8. The lowest BCUT2D eigenvalue weighted by atomic mass is 9.81. The van der Waals surface area contributed by atoms with Gasteiger partial charge in [-0.25, -0.2) is 19.0 Å². The van der Waals surface area contributed by atoms with Gasteiger partial charge in [-0.15, -0.1) is 0 Å². The van der Waals surface area contributed by atoms with E-state index in [1.807, 2.05) is 48.5 Å². The van der Waals surface area contributed by atoms with Crippen molar-refractivity contribution in [2.45, 2.75) is 128 Å². The molecule has 0 saturated carbocycles. The zero-order valence-electron chi connectivity index (χ0n) is 51.3. The molecule has 4 aromatic carbocycles. The lowest BCUT2D eigenvalue weighted by Gasteiger charge is -2.31. The van der Waals surface area contributed by atoms with Crippen molar-refractivity contribution in [3.05, 3.63) is 157 Å². The number of ether oxygens (including phenoxy) is 3. The zero-order chi connectivity index (χ0) is 65.1. The van der Waals surface area contributed by atoms with Gasteiger partial charge in [0.25, 0.3) is 5.56 Å². The van der Waals surface area contributed by atoms with E-state index in [0.29, 0.717) is 57.4 Å². The molecule has 23 nitrogen and oxygen atoms in total. The molecule has 4 heterocycles. The van der Waals surface area contributed by atoms with E-state index in [-0.39, 0.29) is 74.9 Å². The van der Waals surface area contributed by atoms with Crippen LogP contribution in [0.2, 0.25) is 0 Å². The number of nitrogens with one attached hydrogen (secondary N) is 6. The van der Waals surface area contributed by atoms with Crippen LogP contribution in [0.1, 0.15) is 122 Å². The topological polar surface area (TPSA) is 312 Å². The number of halogens is 1. The molecule has 0 saturated heterocycles. The Morgan fingerprint density at radius 2 is 1.52 bits per heavy atom. The van der Waals surface area contributed by atoms with Crippen molar-refractivity contribution < 1.29 is 66.9 Å². The number of aromatic nitrogens is 2. The van der Waals surface area contributed by atoms with Crippen LogP contribution >= 0.6 is 0 Å². The number of benzene rings is 4. The van der Waals surface area contributed by atoms with Gasteiger partial charge in [-0.1, -0.05) is 85.8 Å². The number of cyclic esters (lactones) is 1. The molecule has 0 unspecified atom stereocenters. The highest BCUT2D eigenvalue weighted by Gasteiger charge is 2.46. The predicted octanol–water partition coefficient (Wildman–Crippen LogP) is 4.58. The predicted molar refractivity (Wildman–Crippen MR) is 329 cm³/mol. The van der Waals surface area contributed by atoms with Crippen LogP contribution in [-0.2, 0) is 84.2 Å². The van der Waals surface area contributed by atoms with Crippen molar-refractivity contribution in [2.24, 2.45) is 0 Å². The number of alkyl carbamates (subject to hydrolysis) is 1. The molecule has 2 aliphatic heterocycles. The van der Waals surface area contributed by atoms with Gasteiger partial charge >= 0.3 is 18.0 Å². The van der Waals surface area contributed by atoms with Gasteiger partial charge in [-0.05, 0) is 104 Å². The number of aryl methyl sites for hydroxylation is 1. The minimum absolute atomic E-state index is 0.00114. The Labute approximate surface area is 523 Å². The summed E-state index contributed by atoms with van der Waals surface area (Å²) in [6.07, 6.45) is -0.612. The van der Waals surface area contributed by atoms with E-state index in [1.165, 1.54) is 17.7 Å². The van der Waals surface area contributed by atoms with Gasteiger partial charge in [0.2, 0.25) is 35.4 Å². The number of rotatable bonds is 22. The van der Waals surface area contributed by atoms with Crippen LogP contribution in [-0.4, -0.2) is 131 Å². The number of amides is 7.